The summed E-state index contributed by atoms with van der Waals surface area (Å²) in [5, 5.41) is 0.396. The SMILES string of the molecule is CCOc1ccc(C(=O)N(Cc2ccccn2)c2nc3c(F)cccc3s2)cc1OCC. The van der Waals surface area contributed by atoms with Gasteiger partial charge in [-0.3, -0.25) is 14.7 Å². The fraction of sp³-hybridized carbons (Fsp3) is 0.208. The summed E-state index contributed by atoms with van der Waals surface area (Å²) in [6, 6.07) is 15.3. The molecule has 0 radical (unpaired) electrons. The highest BCUT2D eigenvalue weighted by molar-refractivity contribution is 7.22. The molecular formula is C24H22FN3O3S. The van der Waals surface area contributed by atoms with Crippen LogP contribution in [0.25, 0.3) is 10.2 Å². The Labute approximate surface area is 189 Å². The second-order valence-corrected chi connectivity index (χ2v) is 7.83. The molecule has 164 valence electrons. The van der Waals surface area contributed by atoms with Crippen molar-refractivity contribution >= 4 is 32.6 Å². The number of hydrogen-bond acceptors (Lipinski definition) is 6. The molecule has 2 aromatic heterocycles. The number of benzene rings is 2. The lowest BCUT2D eigenvalue weighted by Crippen LogP contribution is -2.30. The van der Waals surface area contributed by atoms with Gasteiger partial charge < -0.3 is 9.47 Å². The van der Waals surface area contributed by atoms with Crippen molar-refractivity contribution in [2.45, 2.75) is 20.4 Å². The van der Waals surface area contributed by atoms with Crippen LogP contribution in [0.1, 0.15) is 29.9 Å². The minimum atomic E-state index is -0.421. The molecule has 0 unspecified atom stereocenters. The van der Waals surface area contributed by atoms with Gasteiger partial charge in [-0.05, 0) is 56.3 Å². The summed E-state index contributed by atoms with van der Waals surface area (Å²) >= 11 is 1.26. The first-order valence-electron chi connectivity index (χ1n) is 10.3. The molecule has 1 amide bonds. The van der Waals surface area contributed by atoms with Crippen LogP contribution in [0.15, 0.2) is 60.8 Å². The van der Waals surface area contributed by atoms with E-state index in [1.54, 1.807) is 36.5 Å². The van der Waals surface area contributed by atoms with Gasteiger partial charge in [0.1, 0.15) is 11.3 Å². The molecule has 0 spiro atoms. The van der Waals surface area contributed by atoms with E-state index >= 15 is 0 Å². The van der Waals surface area contributed by atoms with E-state index in [1.165, 1.54) is 22.3 Å². The summed E-state index contributed by atoms with van der Waals surface area (Å²) in [4.78, 5) is 23.9. The second kappa shape index (κ2) is 9.74. The number of aromatic nitrogens is 2. The number of nitrogens with zero attached hydrogens (tertiary/aromatic N) is 3. The average molecular weight is 452 g/mol. The number of carbonyl (C=O) groups excluding carboxylic acids is 1. The third kappa shape index (κ3) is 4.55. The highest BCUT2D eigenvalue weighted by atomic mass is 32.1. The van der Waals surface area contributed by atoms with E-state index in [0.717, 1.165) is 0 Å². The Kier molecular flexibility index (Phi) is 6.61. The van der Waals surface area contributed by atoms with Crippen LogP contribution in [0.4, 0.5) is 9.52 Å². The number of para-hydroxylation sites is 1. The van der Waals surface area contributed by atoms with Crippen molar-refractivity contribution in [1.29, 1.82) is 0 Å². The van der Waals surface area contributed by atoms with Gasteiger partial charge in [0.15, 0.2) is 16.6 Å². The largest absolute Gasteiger partial charge is 0.490 e. The zero-order chi connectivity index (χ0) is 22.5. The number of thiazole rings is 1. The second-order valence-electron chi connectivity index (χ2n) is 6.82. The van der Waals surface area contributed by atoms with E-state index in [0.29, 0.717) is 45.8 Å². The molecule has 4 aromatic rings. The quantitative estimate of drug-likeness (QED) is 0.355. The monoisotopic (exact) mass is 451 g/mol. The highest BCUT2D eigenvalue weighted by Gasteiger charge is 2.24. The van der Waals surface area contributed by atoms with Crippen LogP contribution in [-0.2, 0) is 6.54 Å². The van der Waals surface area contributed by atoms with Crippen LogP contribution in [0.5, 0.6) is 11.5 Å². The van der Waals surface area contributed by atoms with Crippen LogP contribution < -0.4 is 14.4 Å². The molecule has 0 aliphatic carbocycles. The summed E-state index contributed by atoms with van der Waals surface area (Å²) in [7, 11) is 0. The number of carbonyl (C=O) groups is 1. The Morgan fingerprint density at radius 3 is 2.56 bits per heavy atom. The number of fused-ring (bicyclic) bond motifs is 1. The van der Waals surface area contributed by atoms with E-state index < -0.39 is 5.82 Å². The third-order valence-corrected chi connectivity index (χ3v) is 5.71. The Morgan fingerprint density at radius 2 is 1.84 bits per heavy atom. The third-order valence-electron chi connectivity index (χ3n) is 4.67. The van der Waals surface area contributed by atoms with Crippen molar-refractivity contribution in [1.82, 2.24) is 9.97 Å². The van der Waals surface area contributed by atoms with Crippen molar-refractivity contribution < 1.29 is 18.7 Å². The molecule has 2 heterocycles. The van der Waals surface area contributed by atoms with Crippen molar-refractivity contribution in [3.05, 3.63) is 77.9 Å². The minimum Gasteiger partial charge on any atom is -0.490 e. The molecule has 0 aliphatic heterocycles. The highest BCUT2D eigenvalue weighted by Crippen LogP contribution is 2.34. The molecule has 32 heavy (non-hydrogen) atoms. The number of halogens is 1. The van der Waals surface area contributed by atoms with Gasteiger partial charge >= 0.3 is 0 Å². The lowest BCUT2D eigenvalue weighted by Gasteiger charge is -2.20. The van der Waals surface area contributed by atoms with Crippen molar-refractivity contribution in [2.75, 3.05) is 18.1 Å². The molecule has 4 rings (SSSR count). The topological polar surface area (TPSA) is 64.5 Å². The number of anilines is 1. The van der Waals surface area contributed by atoms with Gasteiger partial charge in [-0.15, -0.1) is 0 Å². The van der Waals surface area contributed by atoms with E-state index in [1.807, 2.05) is 32.0 Å². The first-order valence-corrected chi connectivity index (χ1v) is 11.1. The zero-order valence-corrected chi connectivity index (χ0v) is 18.6. The smallest absolute Gasteiger partial charge is 0.260 e. The molecule has 2 aromatic carbocycles. The van der Waals surface area contributed by atoms with Gasteiger partial charge in [-0.25, -0.2) is 9.37 Å². The van der Waals surface area contributed by atoms with Crippen LogP contribution in [-0.4, -0.2) is 29.1 Å². The van der Waals surface area contributed by atoms with Crippen molar-refractivity contribution in [2.24, 2.45) is 0 Å². The fourth-order valence-electron chi connectivity index (χ4n) is 3.24. The van der Waals surface area contributed by atoms with Gasteiger partial charge in [-0.2, -0.15) is 0 Å². The Balaban J connectivity index is 1.76. The minimum absolute atomic E-state index is 0.193. The van der Waals surface area contributed by atoms with E-state index in [-0.39, 0.29) is 18.0 Å². The van der Waals surface area contributed by atoms with Crippen molar-refractivity contribution in [3.8, 4) is 11.5 Å². The summed E-state index contributed by atoms with van der Waals surface area (Å²) in [5.41, 5.74) is 1.34. The Bertz CT molecular complexity index is 1230. The van der Waals surface area contributed by atoms with Crippen LogP contribution >= 0.6 is 11.3 Å². The van der Waals surface area contributed by atoms with Gasteiger partial charge in [0, 0.05) is 11.8 Å². The maximum Gasteiger partial charge on any atom is 0.260 e. The number of pyridine rings is 1. The van der Waals surface area contributed by atoms with E-state index in [2.05, 4.69) is 9.97 Å². The van der Waals surface area contributed by atoms with Gasteiger partial charge in [-0.1, -0.05) is 23.5 Å². The van der Waals surface area contributed by atoms with Crippen molar-refractivity contribution in [3.63, 3.8) is 0 Å². The molecule has 0 aliphatic rings. The molecule has 8 heteroatoms. The molecule has 0 bridgehead atoms. The maximum atomic E-state index is 14.3. The van der Waals surface area contributed by atoms with Gasteiger partial charge in [0.05, 0.1) is 30.2 Å². The maximum absolute atomic E-state index is 14.3. The fourth-order valence-corrected chi connectivity index (χ4v) is 4.22. The average Bonchev–Trinajstić information content (AvgIpc) is 3.25. The first kappa shape index (κ1) is 21.7. The predicted molar refractivity (Wildman–Crippen MR) is 123 cm³/mol. The summed E-state index contributed by atoms with van der Waals surface area (Å²) in [6.07, 6.45) is 1.67. The number of ether oxygens (including phenoxy) is 2. The summed E-state index contributed by atoms with van der Waals surface area (Å²) in [5.74, 6) is 0.353. The predicted octanol–water partition coefficient (Wildman–Crippen LogP) is 5.47. The first-order chi connectivity index (χ1) is 15.6. The molecule has 0 saturated heterocycles. The lowest BCUT2D eigenvalue weighted by atomic mass is 10.1. The lowest BCUT2D eigenvalue weighted by molar-refractivity contribution is 0.0984. The van der Waals surface area contributed by atoms with E-state index in [4.69, 9.17) is 9.47 Å². The van der Waals surface area contributed by atoms with Crippen LogP contribution in [0, 0.1) is 5.82 Å². The molecule has 0 atom stereocenters. The standard InChI is InChI=1S/C24H22FN3O3S/c1-3-30-19-12-11-16(14-20(19)31-4-2)23(29)28(15-17-8-5-6-13-26-17)24-27-22-18(25)9-7-10-21(22)32-24/h5-14H,3-4,15H2,1-2H3. The summed E-state index contributed by atoms with van der Waals surface area (Å²) in [6.45, 7) is 4.87. The Morgan fingerprint density at radius 1 is 1.03 bits per heavy atom. The van der Waals surface area contributed by atoms with Crippen LogP contribution in [0.3, 0.4) is 0 Å². The molecular weight excluding hydrogens is 429 g/mol. The molecule has 6 nitrogen and oxygen atoms in total. The Hall–Kier alpha value is -3.52. The number of amides is 1. The molecule has 0 N–H and O–H groups in total. The number of hydrogen-bond donors (Lipinski definition) is 0. The number of rotatable bonds is 8. The zero-order valence-electron chi connectivity index (χ0n) is 17.7. The van der Waals surface area contributed by atoms with E-state index in [9.17, 15) is 9.18 Å². The van der Waals surface area contributed by atoms with Crippen LogP contribution in [0.2, 0.25) is 0 Å². The molecule has 0 fully saturated rings. The van der Waals surface area contributed by atoms with Gasteiger partial charge in [0.25, 0.3) is 5.91 Å². The summed E-state index contributed by atoms with van der Waals surface area (Å²) < 4.78 is 26.2. The molecule has 0 saturated carbocycles. The normalized spacial score (nSPS) is 10.8. The van der Waals surface area contributed by atoms with Gasteiger partial charge in [0.2, 0.25) is 0 Å².